The van der Waals surface area contributed by atoms with Gasteiger partial charge in [-0.25, -0.2) is 0 Å². The van der Waals surface area contributed by atoms with E-state index in [9.17, 15) is 4.79 Å². The van der Waals surface area contributed by atoms with Gasteiger partial charge in [-0.2, -0.15) is 4.98 Å². The van der Waals surface area contributed by atoms with Crippen molar-refractivity contribution in [1.29, 1.82) is 0 Å². The Morgan fingerprint density at radius 1 is 1.33 bits per heavy atom. The molecule has 6 nitrogen and oxygen atoms in total. The van der Waals surface area contributed by atoms with Gasteiger partial charge < -0.3 is 14.5 Å². The van der Waals surface area contributed by atoms with Gasteiger partial charge in [-0.05, 0) is 18.9 Å². The highest BCUT2D eigenvalue weighted by Gasteiger charge is 2.40. The fourth-order valence-electron chi connectivity index (χ4n) is 4.01. The molecular formula is C21H22N4O2. The molecule has 3 heterocycles. The van der Waals surface area contributed by atoms with Crippen molar-refractivity contribution in [3.63, 3.8) is 0 Å². The maximum absolute atomic E-state index is 12.3. The van der Waals surface area contributed by atoms with E-state index in [1.807, 2.05) is 13.0 Å². The van der Waals surface area contributed by atoms with Crippen LogP contribution in [0.3, 0.4) is 0 Å². The molecule has 1 N–H and O–H groups in total. The first-order valence-electron chi connectivity index (χ1n) is 9.46. The third-order valence-corrected chi connectivity index (χ3v) is 5.41. The Hall–Kier alpha value is -2.82. The summed E-state index contributed by atoms with van der Waals surface area (Å²) >= 11 is 0. The zero-order chi connectivity index (χ0) is 18.4. The minimum absolute atomic E-state index is 0.115. The molecule has 0 spiro atoms. The molecule has 2 saturated heterocycles. The summed E-state index contributed by atoms with van der Waals surface area (Å²) in [5.74, 6) is 1.37. The molecule has 6 heteroatoms. The summed E-state index contributed by atoms with van der Waals surface area (Å²) in [6.07, 6.45) is 1.03. The van der Waals surface area contributed by atoms with Crippen LogP contribution in [0.1, 0.15) is 12.5 Å². The largest absolute Gasteiger partial charge is 0.375 e. The lowest BCUT2D eigenvalue weighted by molar-refractivity contribution is 0.0529. The quantitative estimate of drug-likeness (QED) is 0.842. The first-order chi connectivity index (χ1) is 13.2. The Bertz CT molecular complexity index is 991. The van der Waals surface area contributed by atoms with Gasteiger partial charge in [-0.15, -0.1) is 5.73 Å². The monoisotopic (exact) mass is 362 g/mol. The average molecular weight is 362 g/mol. The van der Waals surface area contributed by atoms with Crippen molar-refractivity contribution < 1.29 is 4.74 Å². The summed E-state index contributed by atoms with van der Waals surface area (Å²) in [4.78, 5) is 24.4. The fraction of sp³-hybridized carbons (Fsp3) is 0.381. The second kappa shape index (κ2) is 6.41. The SMILES string of the molecule is C[C@@H]1CN(c2cc(=O)[nH]c(N3CC4=C=C4[C@@H]3Cc3ccccc3)n2)CCO1. The lowest BCUT2D eigenvalue weighted by Crippen LogP contribution is -2.42. The number of benzene rings is 1. The van der Waals surface area contributed by atoms with Crippen LogP contribution in [0.4, 0.5) is 11.8 Å². The van der Waals surface area contributed by atoms with Gasteiger partial charge in [0.1, 0.15) is 5.82 Å². The standard InChI is InChI=1S/C21H22N4O2/c1-14-12-24(7-8-27-14)19-11-20(26)23-21(22-19)25-13-16-10-17(16)18(25)9-15-5-3-2-4-6-15/h2-6,11,14,18H,7-9,12-13H2,1H3,(H,22,23,26)/t14-,18+/m1/s1. The summed E-state index contributed by atoms with van der Waals surface area (Å²) in [6, 6.07) is 12.2. The van der Waals surface area contributed by atoms with Gasteiger partial charge in [0.2, 0.25) is 5.95 Å². The highest BCUT2D eigenvalue weighted by atomic mass is 16.5. The highest BCUT2D eigenvalue weighted by molar-refractivity contribution is 5.63. The van der Waals surface area contributed by atoms with Crippen molar-refractivity contribution in [1.82, 2.24) is 9.97 Å². The lowest BCUT2D eigenvalue weighted by Gasteiger charge is -2.32. The van der Waals surface area contributed by atoms with Crippen LogP contribution in [0.5, 0.6) is 0 Å². The second-order valence-corrected chi connectivity index (χ2v) is 7.41. The van der Waals surface area contributed by atoms with E-state index in [1.54, 1.807) is 6.07 Å². The summed E-state index contributed by atoms with van der Waals surface area (Å²) in [5, 5.41) is 0. The smallest absolute Gasteiger partial charge is 0.254 e. The zero-order valence-corrected chi connectivity index (χ0v) is 15.3. The van der Waals surface area contributed by atoms with E-state index in [0.29, 0.717) is 12.6 Å². The van der Waals surface area contributed by atoms with E-state index < -0.39 is 0 Å². The predicted octanol–water partition coefficient (Wildman–Crippen LogP) is 1.89. The minimum atomic E-state index is -0.115. The first-order valence-corrected chi connectivity index (χ1v) is 9.46. The van der Waals surface area contributed by atoms with E-state index in [4.69, 9.17) is 9.72 Å². The molecule has 1 aromatic carbocycles. The Morgan fingerprint density at radius 2 is 2.19 bits per heavy atom. The van der Waals surface area contributed by atoms with E-state index in [0.717, 1.165) is 31.9 Å². The maximum Gasteiger partial charge on any atom is 0.254 e. The molecule has 2 aliphatic heterocycles. The number of hydrogen-bond donors (Lipinski definition) is 1. The molecule has 3 aliphatic rings. The van der Waals surface area contributed by atoms with E-state index in [2.05, 4.69) is 44.8 Å². The Labute approximate surface area is 157 Å². The molecule has 0 saturated carbocycles. The van der Waals surface area contributed by atoms with Crippen LogP contribution in [0.25, 0.3) is 0 Å². The Morgan fingerprint density at radius 3 is 3.00 bits per heavy atom. The van der Waals surface area contributed by atoms with Crippen LogP contribution in [-0.4, -0.2) is 48.4 Å². The molecule has 2 fully saturated rings. The summed E-state index contributed by atoms with van der Waals surface area (Å²) in [7, 11) is 0. The van der Waals surface area contributed by atoms with Gasteiger partial charge in [-0.1, -0.05) is 30.3 Å². The first kappa shape index (κ1) is 16.4. The molecule has 0 radical (unpaired) electrons. The van der Waals surface area contributed by atoms with E-state index in [1.165, 1.54) is 16.7 Å². The summed E-state index contributed by atoms with van der Waals surface area (Å²) in [5.41, 5.74) is 7.06. The molecule has 0 amide bonds. The van der Waals surface area contributed by atoms with Crippen molar-refractivity contribution in [3.05, 3.63) is 69.2 Å². The molecule has 2 aromatic rings. The Kier molecular flexibility index (Phi) is 3.88. The number of fused-ring (bicyclic) bond motifs is 1. The van der Waals surface area contributed by atoms with Crippen molar-refractivity contribution in [2.75, 3.05) is 36.0 Å². The second-order valence-electron chi connectivity index (χ2n) is 7.41. The maximum atomic E-state index is 12.3. The number of hydrogen-bond acceptors (Lipinski definition) is 5. The molecule has 1 aromatic heterocycles. The van der Waals surface area contributed by atoms with Gasteiger partial charge in [0.15, 0.2) is 0 Å². The normalized spacial score (nSPS) is 23.7. The molecule has 138 valence electrons. The number of nitrogens with zero attached hydrogens (tertiary/aromatic N) is 3. The molecular weight excluding hydrogens is 340 g/mol. The van der Waals surface area contributed by atoms with Crippen molar-refractivity contribution >= 4 is 11.8 Å². The topological polar surface area (TPSA) is 61.5 Å². The van der Waals surface area contributed by atoms with E-state index >= 15 is 0 Å². The highest BCUT2D eigenvalue weighted by Crippen LogP contribution is 2.39. The molecule has 5 rings (SSSR count). The molecule has 2 atom stereocenters. The third-order valence-electron chi connectivity index (χ3n) is 5.41. The average Bonchev–Trinajstić information content (AvgIpc) is 3.36. The van der Waals surface area contributed by atoms with Crippen LogP contribution in [0.15, 0.2) is 58.1 Å². The predicted molar refractivity (Wildman–Crippen MR) is 104 cm³/mol. The van der Waals surface area contributed by atoms with E-state index in [-0.39, 0.29) is 17.7 Å². The van der Waals surface area contributed by atoms with Crippen molar-refractivity contribution in [3.8, 4) is 0 Å². The minimum Gasteiger partial charge on any atom is -0.375 e. The van der Waals surface area contributed by atoms with Crippen LogP contribution >= 0.6 is 0 Å². The molecule has 1 aliphatic carbocycles. The van der Waals surface area contributed by atoms with Gasteiger partial charge >= 0.3 is 0 Å². The number of ether oxygens (including phenoxy) is 1. The lowest BCUT2D eigenvalue weighted by atomic mass is 10.0. The fourth-order valence-corrected chi connectivity index (χ4v) is 4.01. The van der Waals surface area contributed by atoms with Crippen molar-refractivity contribution in [2.24, 2.45) is 0 Å². The third kappa shape index (κ3) is 3.18. The number of aromatic nitrogens is 2. The number of aromatic amines is 1. The van der Waals surface area contributed by atoms with Crippen molar-refractivity contribution in [2.45, 2.75) is 25.5 Å². The number of rotatable bonds is 4. The van der Waals surface area contributed by atoms with Gasteiger partial charge in [0.25, 0.3) is 5.56 Å². The number of H-pyrrole nitrogens is 1. The number of morpholine rings is 1. The van der Waals surface area contributed by atoms with Gasteiger partial charge in [-0.3, -0.25) is 9.78 Å². The summed E-state index contributed by atoms with van der Waals surface area (Å²) in [6.45, 7) is 4.97. The van der Waals surface area contributed by atoms with Gasteiger partial charge in [0, 0.05) is 30.3 Å². The number of nitrogens with one attached hydrogen (secondary N) is 1. The summed E-state index contributed by atoms with van der Waals surface area (Å²) < 4.78 is 5.61. The number of anilines is 2. The van der Waals surface area contributed by atoms with Crippen LogP contribution < -0.4 is 15.4 Å². The zero-order valence-electron chi connectivity index (χ0n) is 15.3. The Balaban J connectivity index is 1.43. The molecule has 0 unspecified atom stereocenters. The van der Waals surface area contributed by atoms with Crippen LogP contribution in [-0.2, 0) is 11.2 Å². The molecule has 27 heavy (non-hydrogen) atoms. The van der Waals surface area contributed by atoms with Crippen LogP contribution in [0, 0.1) is 0 Å². The molecule has 0 bridgehead atoms. The van der Waals surface area contributed by atoms with Crippen LogP contribution in [0.2, 0.25) is 0 Å². The van der Waals surface area contributed by atoms with Gasteiger partial charge in [0.05, 0.1) is 25.3 Å².